The number of benzene rings is 3. The number of nitro groups is 2. The van der Waals surface area contributed by atoms with Crippen LogP contribution in [0.2, 0.25) is 0 Å². The SMILES string of the molecule is O=C(C[C@@H](c1cccc([N+](=O)[O-])c1)c1cn(Cc2ccccc2)c2ccc([N+](=O)[O-])cc12)NCc1ccco1. The maximum Gasteiger partial charge on any atom is 0.270 e. The standard InChI is InChI=1S/C29H24N4O6/c34-29(30-17-24-10-5-13-39-24)16-25(21-8-4-9-22(14-21)32(35)36)27-19-31(18-20-6-2-1-3-7-20)28-12-11-23(33(37)38)15-26(27)28/h1-15,19,25H,16-18H2,(H,30,34)/t25-/m0/s1. The maximum absolute atomic E-state index is 13.1. The Bertz CT molecular complexity index is 1640. The van der Waals surface area contributed by atoms with E-state index in [4.69, 9.17) is 4.42 Å². The second kappa shape index (κ2) is 11.0. The number of nitrogens with one attached hydrogen (secondary N) is 1. The van der Waals surface area contributed by atoms with Gasteiger partial charge in [0.2, 0.25) is 5.91 Å². The Kier molecular flexibility index (Phi) is 7.17. The molecule has 0 saturated heterocycles. The molecule has 2 heterocycles. The zero-order valence-electron chi connectivity index (χ0n) is 20.7. The monoisotopic (exact) mass is 524 g/mol. The van der Waals surface area contributed by atoms with Crippen molar-refractivity contribution < 1.29 is 19.1 Å². The molecule has 2 aromatic heterocycles. The molecule has 3 aromatic carbocycles. The van der Waals surface area contributed by atoms with E-state index in [0.717, 1.165) is 11.1 Å². The molecule has 1 amide bonds. The lowest BCUT2D eigenvalue weighted by molar-refractivity contribution is -0.385. The molecule has 0 fully saturated rings. The van der Waals surface area contributed by atoms with Crippen LogP contribution in [0.3, 0.4) is 0 Å². The number of nitrogens with zero attached hydrogens (tertiary/aromatic N) is 3. The molecule has 1 N–H and O–H groups in total. The highest BCUT2D eigenvalue weighted by Crippen LogP contribution is 2.37. The van der Waals surface area contributed by atoms with Crippen LogP contribution in [0.5, 0.6) is 0 Å². The number of amides is 1. The van der Waals surface area contributed by atoms with Crippen molar-refractivity contribution in [3.63, 3.8) is 0 Å². The van der Waals surface area contributed by atoms with Crippen molar-refractivity contribution in [3.8, 4) is 0 Å². The van der Waals surface area contributed by atoms with Crippen LogP contribution in [-0.4, -0.2) is 20.3 Å². The number of rotatable bonds is 10. The van der Waals surface area contributed by atoms with E-state index < -0.39 is 15.8 Å². The van der Waals surface area contributed by atoms with Crippen molar-refractivity contribution in [2.75, 3.05) is 0 Å². The summed E-state index contributed by atoms with van der Waals surface area (Å²) in [4.78, 5) is 35.4. The van der Waals surface area contributed by atoms with Crippen LogP contribution in [0.1, 0.15) is 34.8 Å². The number of aromatic nitrogens is 1. The minimum Gasteiger partial charge on any atom is -0.467 e. The van der Waals surface area contributed by atoms with Crippen LogP contribution in [-0.2, 0) is 17.9 Å². The van der Waals surface area contributed by atoms with E-state index in [1.807, 2.05) is 41.1 Å². The van der Waals surface area contributed by atoms with Crippen molar-refractivity contribution in [1.82, 2.24) is 9.88 Å². The quantitative estimate of drug-likeness (QED) is 0.178. The van der Waals surface area contributed by atoms with Crippen LogP contribution < -0.4 is 5.32 Å². The predicted octanol–water partition coefficient (Wildman–Crippen LogP) is 5.94. The van der Waals surface area contributed by atoms with Crippen LogP contribution in [0.25, 0.3) is 10.9 Å². The molecule has 1 atom stereocenters. The minimum atomic E-state index is -0.608. The van der Waals surface area contributed by atoms with Crippen molar-refractivity contribution in [3.05, 3.63) is 140 Å². The molecule has 5 rings (SSSR count). The lowest BCUT2D eigenvalue weighted by atomic mass is 9.87. The van der Waals surface area contributed by atoms with Crippen LogP contribution in [0.15, 0.2) is 102 Å². The molecule has 0 aliphatic heterocycles. The molecular formula is C29H24N4O6. The average molecular weight is 525 g/mol. The first-order valence-corrected chi connectivity index (χ1v) is 12.2. The number of hydrogen-bond acceptors (Lipinski definition) is 6. The highest BCUT2D eigenvalue weighted by atomic mass is 16.6. The van der Waals surface area contributed by atoms with E-state index in [1.165, 1.54) is 30.5 Å². The van der Waals surface area contributed by atoms with Crippen molar-refractivity contribution in [2.45, 2.75) is 25.4 Å². The number of carbonyl (C=O) groups is 1. The Morgan fingerprint density at radius 2 is 1.67 bits per heavy atom. The van der Waals surface area contributed by atoms with Gasteiger partial charge in [-0.25, -0.2) is 0 Å². The summed E-state index contributed by atoms with van der Waals surface area (Å²) in [7, 11) is 0. The zero-order chi connectivity index (χ0) is 27.4. The Labute approximate surface area is 222 Å². The van der Waals surface area contributed by atoms with Gasteiger partial charge >= 0.3 is 0 Å². The number of carbonyl (C=O) groups excluding carboxylic acids is 1. The Hall–Kier alpha value is -5.25. The van der Waals surface area contributed by atoms with Crippen molar-refractivity contribution in [2.24, 2.45) is 0 Å². The third kappa shape index (κ3) is 5.69. The number of fused-ring (bicyclic) bond motifs is 1. The molecule has 0 saturated carbocycles. The Morgan fingerprint density at radius 3 is 2.38 bits per heavy atom. The fraction of sp³-hybridized carbons (Fsp3) is 0.138. The Morgan fingerprint density at radius 1 is 0.897 bits per heavy atom. The van der Waals surface area contributed by atoms with Crippen molar-refractivity contribution in [1.29, 1.82) is 0 Å². The predicted molar refractivity (Wildman–Crippen MR) is 144 cm³/mol. The molecule has 0 aliphatic carbocycles. The molecule has 0 radical (unpaired) electrons. The summed E-state index contributed by atoms with van der Waals surface area (Å²) < 4.78 is 7.28. The third-order valence-electron chi connectivity index (χ3n) is 6.59. The number of non-ortho nitro benzene ring substituents is 2. The number of nitro benzene ring substituents is 2. The zero-order valence-corrected chi connectivity index (χ0v) is 20.7. The average Bonchev–Trinajstić information content (AvgIpc) is 3.59. The van der Waals surface area contributed by atoms with Gasteiger partial charge in [0.1, 0.15) is 5.76 Å². The topological polar surface area (TPSA) is 133 Å². The van der Waals surface area contributed by atoms with E-state index in [9.17, 15) is 25.0 Å². The van der Waals surface area contributed by atoms with E-state index in [0.29, 0.717) is 28.8 Å². The van der Waals surface area contributed by atoms with E-state index in [2.05, 4.69) is 5.32 Å². The summed E-state index contributed by atoms with van der Waals surface area (Å²) in [6, 6.07) is 24.0. The van der Waals surface area contributed by atoms with Gasteiger partial charge in [0.05, 0.1) is 22.7 Å². The van der Waals surface area contributed by atoms with Gasteiger partial charge in [0.25, 0.3) is 11.4 Å². The molecule has 39 heavy (non-hydrogen) atoms. The van der Waals surface area contributed by atoms with E-state index >= 15 is 0 Å². The first kappa shape index (κ1) is 25.4. The van der Waals surface area contributed by atoms with E-state index in [1.54, 1.807) is 30.3 Å². The minimum absolute atomic E-state index is 0.0327. The molecule has 0 unspecified atom stereocenters. The summed E-state index contributed by atoms with van der Waals surface area (Å²) in [5.41, 5.74) is 2.82. The van der Waals surface area contributed by atoms with Crippen LogP contribution >= 0.6 is 0 Å². The lowest BCUT2D eigenvalue weighted by Gasteiger charge is -2.17. The molecule has 5 aromatic rings. The Balaban J connectivity index is 1.61. The lowest BCUT2D eigenvalue weighted by Crippen LogP contribution is -2.24. The molecule has 10 heteroatoms. The number of furan rings is 1. The van der Waals surface area contributed by atoms with Crippen molar-refractivity contribution >= 4 is 28.2 Å². The van der Waals surface area contributed by atoms with Gasteiger partial charge in [-0.1, -0.05) is 42.5 Å². The van der Waals surface area contributed by atoms with E-state index in [-0.39, 0.29) is 30.2 Å². The van der Waals surface area contributed by atoms with Crippen LogP contribution in [0, 0.1) is 20.2 Å². The second-order valence-corrected chi connectivity index (χ2v) is 9.12. The van der Waals surface area contributed by atoms with Gasteiger partial charge in [-0.05, 0) is 34.9 Å². The van der Waals surface area contributed by atoms with Gasteiger partial charge in [-0.3, -0.25) is 25.0 Å². The fourth-order valence-corrected chi connectivity index (χ4v) is 4.73. The van der Waals surface area contributed by atoms with Gasteiger partial charge in [0.15, 0.2) is 0 Å². The summed E-state index contributed by atoms with van der Waals surface area (Å²) in [5.74, 6) is -0.314. The fourth-order valence-electron chi connectivity index (χ4n) is 4.73. The van der Waals surface area contributed by atoms with Gasteiger partial charge in [-0.15, -0.1) is 0 Å². The first-order valence-electron chi connectivity index (χ1n) is 12.2. The van der Waals surface area contributed by atoms with Gasteiger partial charge in [-0.2, -0.15) is 0 Å². The molecular weight excluding hydrogens is 500 g/mol. The highest BCUT2D eigenvalue weighted by molar-refractivity contribution is 5.88. The molecule has 0 aliphatic rings. The molecule has 10 nitrogen and oxygen atoms in total. The van der Waals surface area contributed by atoms with Gasteiger partial charge < -0.3 is 14.3 Å². The normalized spacial score (nSPS) is 11.8. The smallest absolute Gasteiger partial charge is 0.270 e. The molecule has 0 bridgehead atoms. The summed E-state index contributed by atoms with van der Waals surface area (Å²) in [6.07, 6.45) is 3.36. The van der Waals surface area contributed by atoms with Crippen LogP contribution in [0.4, 0.5) is 11.4 Å². The second-order valence-electron chi connectivity index (χ2n) is 9.12. The first-order chi connectivity index (χ1) is 18.9. The summed E-state index contributed by atoms with van der Waals surface area (Å²) in [5, 5.41) is 26.6. The molecule has 196 valence electrons. The summed E-state index contributed by atoms with van der Waals surface area (Å²) >= 11 is 0. The number of hydrogen-bond donors (Lipinski definition) is 1. The largest absolute Gasteiger partial charge is 0.467 e. The third-order valence-corrected chi connectivity index (χ3v) is 6.59. The summed E-state index contributed by atoms with van der Waals surface area (Å²) in [6.45, 7) is 0.691. The molecule has 0 spiro atoms. The maximum atomic E-state index is 13.1. The highest BCUT2D eigenvalue weighted by Gasteiger charge is 2.25. The van der Waals surface area contributed by atoms with Gasteiger partial charge in [0, 0.05) is 60.2 Å².